The van der Waals surface area contributed by atoms with E-state index in [1.807, 2.05) is 49.4 Å². The van der Waals surface area contributed by atoms with E-state index in [1.165, 1.54) is 6.20 Å². The highest BCUT2D eigenvalue weighted by atomic mass is 16.5. The fourth-order valence-corrected chi connectivity index (χ4v) is 2.57. The molecule has 4 rings (SSSR count). The van der Waals surface area contributed by atoms with Gasteiger partial charge in [0.2, 0.25) is 0 Å². The maximum atomic E-state index is 12.6. The summed E-state index contributed by atoms with van der Waals surface area (Å²) in [5.41, 5.74) is 2.70. The van der Waals surface area contributed by atoms with E-state index in [0.29, 0.717) is 22.8 Å². The molecule has 0 aliphatic heterocycles. The molecule has 0 atom stereocenters. The summed E-state index contributed by atoms with van der Waals surface area (Å²) in [4.78, 5) is 16.9. The summed E-state index contributed by atoms with van der Waals surface area (Å²) < 4.78 is 5.26. The number of H-pyrrole nitrogens is 1. The molecule has 2 aromatic carbocycles. The lowest BCUT2D eigenvalue weighted by atomic mass is 10.1. The minimum absolute atomic E-state index is 0.286. The first kappa shape index (κ1) is 15.8. The molecule has 0 unspecified atom stereocenters. The van der Waals surface area contributed by atoms with Gasteiger partial charge in [-0.2, -0.15) is 5.10 Å². The van der Waals surface area contributed by atoms with Crippen LogP contribution in [0.5, 0.6) is 0 Å². The van der Waals surface area contributed by atoms with E-state index in [0.717, 1.165) is 17.0 Å². The Labute approximate surface area is 149 Å². The van der Waals surface area contributed by atoms with Crippen molar-refractivity contribution in [2.45, 2.75) is 6.92 Å². The first-order valence-corrected chi connectivity index (χ1v) is 8.01. The van der Waals surface area contributed by atoms with Crippen molar-refractivity contribution >= 4 is 11.6 Å². The summed E-state index contributed by atoms with van der Waals surface area (Å²) in [6.45, 7) is 1.84. The second-order valence-corrected chi connectivity index (χ2v) is 5.71. The largest absolute Gasteiger partial charge is 0.355 e. The normalized spacial score (nSPS) is 10.7. The van der Waals surface area contributed by atoms with E-state index in [1.54, 1.807) is 12.1 Å². The zero-order valence-corrected chi connectivity index (χ0v) is 13.9. The van der Waals surface area contributed by atoms with Crippen molar-refractivity contribution in [3.63, 3.8) is 0 Å². The number of amides is 1. The van der Waals surface area contributed by atoms with Crippen molar-refractivity contribution in [2.75, 3.05) is 5.32 Å². The Morgan fingerprint density at radius 2 is 1.81 bits per heavy atom. The Morgan fingerprint density at radius 3 is 2.50 bits per heavy atom. The van der Waals surface area contributed by atoms with E-state index in [2.05, 4.69) is 25.7 Å². The van der Waals surface area contributed by atoms with Gasteiger partial charge in [-0.15, -0.1) is 0 Å². The van der Waals surface area contributed by atoms with Gasteiger partial charge in [-0.3, -0.25) is 9.89 Å². The van der Waals surface area contributed by atoms with Crippen LogP contribution in [0.15, 0.2) is 65.3 Å². The standard InChI is InChI=1S/C19H15N5O2/c1-12-21-18(24-23-12)14-7-9-15(10-8-14)22-19(25)16-11-20-26-17(16)13-5-3-2-4-6-13/h2-11H,1H3,(H,22,25)(H,21,23,24). The number of hydrogen-bond acceptors (Lipinski definition) is 5. The number of aromatic nitrogens is 4. The Morgan fingerprint density at radius 1 is 1.04 bits per heavy atom. The molecule has 0 aliphatic carbocycles. The molecule has 2 aromatic heterocycles. The molecule has 0 fully saturated rings. The van der Waals surface area contributed by atoms with Crippen LogP contribution in [0, 0.1) is 6.92 Å². The molecule has 2 N–H and O–H groups in total. The van der Waals surface area contributed by atoms with Crippen LogP contribution in [0.25, 0.3) is 22.7 Å². The number of benzene rings is 2. The number of anilines is 1. The first-order chi connectivity index (χ1) is 12.7. The average Bonchev–Trinajstić information content (AvgIpc) is 3.32. The van der Waals surface area contributed by atoms with Gasteiger partial charge in [0, 0.05) is 16.8 Å². The highest BCUT2D eigenvalue weighted by Gasteiger charge is 2.18. The van der Waals surface area contributed by atoms with Gasteiger partial charge in [0.15, 0.2) is 11.6 Å². The molecule has 0 aliphatic rings. The fraction of sp³-hybridized carbons (Fsp3) is 0.0526. The monoisotopic (exact) mass is 345 g/mol. The fourth-order valence-electron chi connectivity index (χ4n) is 2.57. The average molecular weight is 345 g/mol. The van der Waals surface area contributed by atoms with Crippen LogP contribution in [0.2, 0.25) is 0 Å². The summed E-state index contributed by atoms with van der Waals surface area (Å²) in [5.74, 6) is 1.52. The summed E-state index contributed by atoms with van der Waals surface area (Å²) in [5, 5.41) is 13.5. The highest BCUT2D eigenvalue weighted by molar-refractivity contribution is 6.07. The van der Waals surface area contributed by atoms with Crippen molar-refractivity contribution in [3.05, 3.63) is 72.2 Å². The maximum Gasteiger partial charge on any atom is 0.261 e. The summed E-state index contributed by atoms with van der Waals surface area (Å²) in [6.07, 6.45) is 1.42. The van der Waals surface area contributed by atoms with E-state index >= 15 is 0 Å². The zero-order valence-electron chi connectivity index (χ0n) is 13.9. The maximum absolute atomic E-state index is 12.6. The van der Waals surface area contributed by atoms with Crippen LogP contribution in [0.1, 0.15) is 16.2 Å². The van der Waals surface area contributed by atoms with E-state index < -0.39 is 0 Å². The lowest BCUT2D eigenvalue weighted by Gasteiger charge is -2.05. The lowest BCUT2D eigenvalue weighted by Crippen LogP contribution is -2.12. The minimum atomic E-state index is -0.286. The van der Waals surface area contributed by atoms with Gasteiger partial charge in [-0.25, -0.2) is 4.98 Å². The van der Waals surface area contributed by atoms with Crippen LogP contribution in [0.3, 0.4) is 0 Å². The molecule has 0 spiro atoms. The van der Waals surface area contributed by atoms with Gasteiger partial charge in [0.25, 0.3) is 5.91 Å². The van der Waals surface area contributed by atoms with Gasteiger partial charge >= 0.3 is 0 Å². The summed E-state index contributed by atoms with van der Waals surface area (Å²) >= 11 is 0. The first-order valence-electron chi connectivity index (χ1n) is 8.01. The van der Waals surface area contributed by atoms with Crippen molar-refractivity contribution in [2.24, 2.45) is 0 Å². The Balaban J connectivity index is 1.53. The van der Waals surface area contributed by atoms with Crippen LogP contribution < -0.4 is 5.32 Å². The molecule has 4 aromatic rings. The SMILES string of the molecule is Cc1nc(-c2ccc(NC(=O)c3cnoc3-c3ccccc3)cc2)n[nH]1. The predicted molar refractivity (Wildman–Crippen MR) is 96.4 cm³/mol. The molecule has 128 valence electrons. The molecule has 0 saturated carbocycles. The van der Waals surface area contributed by atoms with Gasteiger partial charge in [0.05, 0.1) is 6.20 Å². The number of aryl methyl sites for hydroxylation is 1. The third kappa shape index (κ3) is 3.10. The second-order valence-electron chi connectivity index (χ2n) is 5.71. The number of nitrogens with one attached hydrogen (secondary N) is 2. The van der Waals surface area contributed by atoms with Crippen LogP contribution in [-0.2, 0) is 0 Å². The molecule has 2 heterocycles. The van der Waals surface area contributed by atoms with Gasteiger partial charge in [0.1, 0.15) is 11.4 Å². The number of aromatic amines is 1. The van der Waals surface area contributed by atoms with Gasteiger partial charge < -0.3 is 9.84 Å². The van der Waals surface area contributed by atoms with Crippen molar-refractivity contribution < 1.29 is 9.32 Å². The van der Waals surface area contributed by atoms with Gasteiger partial charge in [-0.05, 0) is 31.2 Å². The molecule has 7 nitrogen and oxygen atoms in total. The smallest absolute Gasteiger partial charge is 0.261 e. The molecule has 1 amide bonds. The Kier molecular flexibility index (Phi) is 4.03. The molecule has 0 radical (unpaired) electrons. The van der Waals surface area contributed by atoms with Crippen molar-refractivity contribution in [3.8, 4) is 22.7 Å². The quantitative estimate of drug-likeness (QED) is 0.588. The number of hydrogen-bond donors (Lipinski definition) is 2. The number of carbonyl (C=O) groups excluding carboxylic acids is 1. The summed E-state index contributed by atoms with van der Waals surface area (Å²) in [6, 6.07) is 16.7. The van der Waals surface area contributed by atoms with Crippen LogP contribution in [0.4, 0.5) is 5.69 Å². The van der Waals surface area contributed by atoms with Crippen LogP contribution in [-0.4, -0.2) is 26.2 Å². The topological polar surface area (TPSA) is 96.7 Å². The van der Waals surface area contributed by atoms with Gasteiger partial charge in [-0.1, -0.05) is 35.5 Å². The molecule has 26 heavy (non-hydrogen) atoms. The molecule has 0 saturated heterocycles. The van der Waals surface area contributed by atoms with Crippen molar-refractivity contribution in [1.29, 1.82) is 0 Å². The Hall–Kier alpha value is -3.74. The molecule has 0 bridgehead atoms. The number of rotatable bonds is 4. The molecular weight excluding hydrogens is 330 g/mol. The van der Waals surface area contributed by atoms with E-state index in [-0.39, 0.29) is 5.91 Å². The predicted octanol–water partition coefficient (Wildman–Crippen LogP) is 3.69. The third-order valence-electron chi connectivity index (χ3n) is 3.85. The summed E-state index contributed by atoms with van der Waals surface area (Å²) in [7, 11) is 0. The minimum Gasteiger partial charge on any atom is -0.355 e. The second kappa shape index (κ2) is 6.64. The lowest BCUT2D eigenvalue weighted by molar-refractivity contribution is 0.102. The molecule has 7 heteroatoms. The highest BCUT2D eigenvalue weighted by Crippen LogP contribution is 2.24. The number of nitrogens with zero attached hydrogens (tertiary/aromatic N) is 3. The molecular formula is C19H15N5O2. The van der Waals surface area contributed by atoms with E-state index in [9.17, 15) is 4.79 Å². The van der Waals surface area contributed by atoms with Crippen molar-refractivity contribution in [1.82, 2.24) is 20.3 Å². The number of carbonyl (C=O) groups is 1. The van der Waals surface area contributed by atoms with Crippen LogP contribution >= 0.6 is 0 Å². The zero-order chi connectivity index (χ0) is 17.9. The third-order valence-corrected chi connectivity index (χ3v) is 3.85. The Bertz CT molecular complexity index is 1040. The van der Waals surface area contributed by atoms with E-state index in [4.69, 9.17) is 4.52 Å².